The average Bonchev–Trinajstić information content (AvgIpc) is 2.18. The van der Waals surface area contributed by atoms with Crippen LogP contribution in [-0.4, -0.2) is 12.8 Å². The van der Waals surface area contributed by atoms with Gasteiger partial charge in [-0.05, 0) is 24.7 Å². The molecule has 0 aromatic heterocycles. The van der Waals surface area contributed by atoms with E-state index < -0.39 is 7.50 Å². The summed E-state index contributed by atoms with van der Waals surface area (Å²) in [7, 11) is -0.599. The fourth-order valence-corrected chi connectivity index (χ4v) is 3.47. The summed E-state index contributed by atoms with van der Waals surface area (Å²) in [5.74, 6) is 0. The maximum Gasteiger partial charge on any atom is 0.124 e. The monoisotopic (exact) mass is 222 g/mol. The Kier molecular flexibility index (Phi) is 5.00. The molecule has 2 unspecified atom stereocenters. The third kappa shape index (κ3) is 3.38. The van der Waals surface area contributed by atoms with E-state index in [1.54, 1.807) is 0 Å². The highest BCUT2D eigenvalue weighted by molar-refractivity contribution is 7.80. The smallest absolute Gasteiger partial charge is 0.124 e. The first kappa shape index (κ1) is 11.8. The molecular weight excluding hydrogens is 203 g/mol. The molecule has 2 atom stereocenters. The van der Waals surface area contributed by atoms with Gasteiger partial charge < -0.3 is 4.52 Å². The SMILES string of the molecule is CCCCC1(CC)CCP(Cl)OC1. The Labute approximate surface area is 87.8 Å². The van der Waals surface area contributed by atoms with Gasteiger partial charge in [0.25, 0.3) is 0 Å². The molecule has 1 saturated heterocycles. The lowest BCUT2D eigenvalue weighted by molar-refractivity contribution is 0.115. The minimum Gasteiger partial charge on any atom is -0.343 e. The summed E-state index contributed by atoms with van der Waals surface area (Å²) >= 11 is 5.98. The van der Waals surface area contributed by atoms with Crippen molar-refractivity contribution in [2.45, 2.75) is 46.0 Å². The Hall–Kier alpha value is 0.680. The van der Waals surface area contributed by atoms with Crippen molar-refractivity contribution in [3.05, 3.63) is 0 Å². The first-order valence-electron chi connectivity index (χ1n) is 5.28. The molecule has 78 valence electrons. The van der Waals surface area contributed by atoms with Crippen molar-refractivity contribution in [3.8, 4) is 0 Å². The molecule has 1 rings (SSSR count). The van der Waals surface area contributed by atoms with E-state index in [4.69, 9.17) is 15.8 Å². The van der Waals surface area contributed by atoms with Crippen LogP contribution in [0.25, 0.3) is 0 Å². The van der Waals surface area contributed by atoms with E-state index in [2.05, 4.69) is 13.8 Å². The summed E-state index contributed by atoms with van der Waals surface area (Å²) < 4.78 is 5.61. The second-order valence-corrected chi connectivity index (χ2v) is 6.49. The molecule has 0 aromatic carbocycles. The van der Waals surface area contributed by atoms with Gasteiger partial charge in [0, 0.05) is 6.16 Å². The highest BCUT2D eigenvalue weighted by Gasteiger charge is 2.33. The zero-order chi connectivity index (χ0) is 9.73. The molecule has 0 radical (unpaired) electrons. The first-order chi connectivity index (χ1) is 6.22. The molecule has 0 aromatic rings. The van der Waals surface area contributed by atoms with Gasteiger partial charge in [0.15, 0.2) is 0 Å². The topological polar surface area (TPSA) is 9.23 Å². The van der Waals surface area contributed by atoms with Crippen LogP contribution in [-0.2, 0) is 4.52 Å². The van der Waals surface area contributed by atoms with Crippen molar-refractivity contribution in [3.63, 3.8) is 0 Å². The molecule has 1 aliphatic heterocycles. The van der Waals surface area contributed by atoms with Crippen LogP contribution >= 0.6 is 18.7 Å². The normalized spacial score (nSPS) is 34.8. The average molecular weight is 223 g/mol. The molecule has 0 amide bonds. The van der Waals surface area contributed by atoms with Crippen molar-refractivity contribution < 1.29 is 4.52 Å². The van der Waals surface area contributed by atoms with Crippen LogP contribution in [0.4, 0.5) is 0 Å². The Morgan fingerprint density at radius 2 is 2.23 bits per heavy atom. The van der Waals surface area contributed by atoms with Gasteiger partial charge in [0.2, 0.25) is 0 Å². The van der Waals surface area contributed by atoms with E-state index in [1.807, 2.05) is 0 Å². The Balaban J connectivity index is 2.40. The van der Waals surface area contributed by atoms with E-state index in [9.17, 15) is 0 Å². The molecule has 13 heavy (non-hydrogen) atoms. The fourth-order valence-electron chi connectivity index (χ4n) is 1.87. The molecule has 0 aliphatic carbocycles. The maximum atomic E-state index is 5.98. The molecule has 3 heteroatoms. The first-order valence-corrected chi connectivity index (χ1v) is 7.63. The van der Waals surface area contributed by atoms with Gasteiger partial charge in [-0.3, -0.25) is 0 Å². The van der Waals surface area contributed by atoms with Crippen molar-refractivity contribution in [2.75, 3.05) is 12.8 Å². The second kappa shape index (κ2) is 5.53. The molecule has 0 bridgehead atoms. The predicted octanol–water partition coefficient (Wildman–Crippen LogP) is 4.54. The lowest BCUT2D eigenvalue weighted by atomic mass is 9.78. The van der Waals surface area contributed by atoms with Crippen LogP contribution in [0.5, 0.6) is 0 Å². The van der Waals surface area contributed by atoms with Crippen LogP contribution in [0.3, 0.4) is 0 Å². The zero-order valence-electron chi connectivity index (χ0n) is 8.68. The number of halogens is 1. The van der Waals surface area contributed by atoms with Crippen molar-refractivity contribution in [1.29, 1.82) is 0 Å². The third-order valence-corrected chi connectivity index (χ3v) is 4.92. The highest BCUT2D eigenvalue weighted by atomic mass is 35.7. The molecule has 1 nitrogen and oxygen atoms in total. The quantitative estimate of drug-likeness (QED) is 0.635. The van der Waals surface area contributed by atoms with Gasteiger partial charge in [0.1, 0.15) is 7.50 Å². The van der Waals surface area contributed by atoms with E-state index in [-0.39, 0.29) is 0 Å². The summed E-state index contributed by atoms with van der Waals surface area (Å²) in [6.45, 7) is 5.43. The van der Waals surface area contributed by atoms with Crippen molar-refractivity contribution in [1.82, 2.24) is 0 Å². The largest absolute Gasteiger partial charge is 0.343 e. The number of hydrogen-bond acceptors (Lipinski definition) is 1. The van der Waals surface area contributed by atoms with Crippen LogP contribution in [0.2, 0.25) is 0 Å². The van der Waals surface area contributed by atoms with E-state index in [1.165, 1.54) is 32.1 Å². The summed E-state index contributed by atoms with van der Waals surface area (Å²) in [6, 6.07) is 0. The predicted molar refractivity (Wildman–Crippen MR) is 60.5 cm³/mol. The van der Waals surface area contributed by atoms with Crippen LogP contribution < -0.4 is 0 Å². The van der Waals surface area contributed by atoms with Gasteiger partial charge in [-0.15, -0.1) is 0 Å². The molecular formula is C10H20ClOP. The minimum absolute atomic E-state index is 0.462. The van der Waals surface area contributed by atoms with Gasteiger partial charge in [-0.1, -0.05) is 37.9 Å². The summed E-state index contributed by atoms with van der Waals surface area (Å²) in [5.41, 5.74) is 0.462. The summed E-state index contributed by atoms with van der Waals surface area (Å²) in [4.78, 5) is 0. The Morgan fingerprint density at radius 3 is 2.69 bits per heavy atom. The molecule has 0 saturated carbocycles. The number of rotatable bonds is 4. The number of unbranched alkanes of at least 4 members (excludes halogenated alkanes) is 1. The molecule has 1 heterocycles. The Morgan fingerprint density at radius 1 is 1.46 bits per heavy atom. The highest BCUT2D eigenvalue weighted by Crippen LogP contribution is 2.53. The molecule has 1 fully saturated rings. The number of hydrogen-bond donors (Lipinski definition) is 0. The van der Waals surface area contributed by atoms with Gasteiger partial charge in [-0.25, -0.2) is 0 Å². The Bertz CT molecular complexity index is 138. The van der Waals surface area contributed by atoms with E-state index in [0.29, 0.717) is 5.41 Å². The van der Waals surface area contributed by atoms with E-state index >= 15 is 0 Å². The molecule has 0 N–H and O–H groups in total. The summed E-state index contributed by atoms with van der Waals surface area (Å²) in [6.07, 6.45) is 7.55. The molecule has 0 spiro atoms. The van der Waals surface area contributed by atoms with E-state index in [0.717, 1.165) is 12.8 Å². The summed E-state index contributed by atoms with van der Waals surface area (Å²) in [5, 5.41) is 0. The second-order valence-electron chi connectivity index (χ2n) is 4.02. The van der Waals surface area contributed by atoms with Crippen LogP contribution in [0, 0.1) is 5.41 Å². The van der Waals surface area contributed by atoms with Gasteiger partial charge in [0.05, 0.1) is 6.61 Å². The zero-order valence-corrected chi connectivity index (χ0v) is 10.3. The minimum atomic E-state index is -0.599. The standard InChI is InChI=1S/C10H20ClOP/c1-3-5-6-10(4-2)7-8-13(11)12-9-10/h3-9H2,1-2H3. The fraction of sp³-hybridized carbons (Fsp3) is 1.00. The van der Waals surface area contributed by atoms with Crippen LogP contribution in [0.1, 0.15) is 46.0 Å². The van der Waals surface area contributed by atoms with Crippen molar-refractivity contribution in [2.24, 2.45) is 5.41 Å². The van der Waals surface area contributed by atoms with Crippen LogP contribution in [0.15, 0.2) is 0 Å². The van der Waals surface area contributed by atoms with Crippen molar-refractivity contribution >= 4 is 18.7 Å². The third-order valence-electron chi connectivity index (χ3n) is 3.14. The van der Waals surface area contributed by atoms with Gasteiger partial charge in [-0.2, -0.15) is 0 Å². The molecule has 1 aliphatic rings. The maximum absolute atomic E-state index is 5.98. The lowest BCUT2D eigenvalue weighted by Crippen LogP contribution is -2.29. The lowest BCUT2D eigenvalue weighted by Gasteiger charge is -2.37. The van der Waals surface area contributed by atoms with Gasteiger partial charge >= 0.3 is 0 Å².